The molecule has 19 heavy (non-hydrogen) atoms. The number of hydrogen-bond donors (Lipinski definition) is 1. The molecule has 1 N–H and O–H groups in total. The van der Waals surface area contributed by atoms with Crippen LogP contribution in [0.15, 0.2) is 22.7 Å². The van der Waals surface area contributed by atoms with E-state index >= 15 is 0 Å². The Hall–Kier alpha value is -1.75. The van der Waals surface area contributed by atoms with Crippen LogP contribution in [0.2, 0.25) is 0 Å². The number of aliphatic hydroxyl groups is 1. The number of hydrogen-bond acceptors (Lipinski definition) is 4. The Kier molecular flexibility index (Phi) is 3.95. The van der Waals surface area contributed by atoms with E-state index in [9.17, 15) is 9.50 Å². The molecule has 0 bridgehead atoms. The number of benzene rings is 1. The molecule has 1 aromatic carbocycles. The van der Waals surface area contributed by atoms with Gasteiger partial charge in [-0.2, -0.15) is 4.98 Å². The summed E-state index contributed by atoms with van der Waals surface area (Å²) in [5, 5.41) is 13.6. The first kappa shape index (κ1) is 13.7. The molecule has 1 aromatic heterocycles. The predicted molar refractivity (Wildman–Crippen MR) is 69.0 cm³/mol. The van der Waals surface area contributed by atoms with Crippen molar-refractivity contribution in [1.29, 1.82) is 0 Å². The molecule has 2 rings (SSSR count). The molecule has 2 aromatic rings. The number of aromatic nitrogens is 2. The lowest BCUT2D eigenvalue weighted by atomic mass is 10.0. The molecule has 1 unspecified atom stereocenters. The van der Waals surface area contributed by atoms with Gasteiger partial charge in [-0.05, 0) is 24.5 Å². The molecule has 0 radical (unpaired) electrons. The van der Waals surface area contributed by atoms with Gasteiger partial charge in [0.05, 0.1) is 12.5 Å². The van der Waals surface area contributed by atoms with E-state index in [4.69, 9.17) is 4.52 Å². The maximum Gasteiger partial charge on any atom is 0.229 e. The monoisotopic (exact) mass is 264 g/mol. The molecule has 0 aliphatic carbocycles. The fourth-order valence-electron chi connectivity index (χ4n) is 1.60. The molecule has 0 amide bonds. The lowest BCUT2D eigenvalue weighted by Gasteiger charge is -2.10. The van der Waals surface area contributed by atoms with Gasteiger partial charge in [0.1, 0.15) is 5.82 Å². The fraction of sp³-hybridized carbons (Fsp3) is 0.429. The number of rotatable bonds is 4. The van der Waals surface area contributed by atoms with Gasteiger partial charge in [-0.3, -0.25) is 0 Å². The van der Waals surface area contributed by atoms with Crippen LogP contribution in [0, 0.1) is 18.7 Å². The van der Waals surface area contributed by atoms with Crippen molar-refractivity contribution >= 4 is 0 Å². The van der Waals surface area contributed by atoms with Gasteiger partial charge in [0.15, 0.2) is 0 Å². The third-order valence-corrected chi connectivity index (χ3v) is 3.05. The smallest absolute Gasteiger partial charge is 0.229 e. The third-order valence-electron chi connectivity index (χ3n) is 3.05. The Bertz CT molecular complexity index is 566. The van der Waals surface area contributed by atoms with Crippen LogP contribution in [0.4, 0.5) is 4.39 Å². The van der Waals surface area contributed by atoms with Crippen molar-refractivity contribution in [2.75, 3.05) is 0 Å². The summed E-state index contributed by atoms with van der Waals surface area (Å²) in [5.74, 6) is 0.514. The van der Waals surface area contributed by atoms with Crippen molar-refractivity contribution in [2.45, 2.75) is 33.3 Å². The van der Waals surface area contributed by atoms with E-state index in [1.165, 1.54) is 6.07 Å². The number of nitrogens with zero attached hydrogens (tertiary/aromatic N) is 2. The minimum atomic E-state index is -0.525. The highest BCUT2D eigenvalue weighted by Crippen LogP contribution is 2.19. The zero-order chi connectivity index (χ0) is 14.0. The molecule has 0 saturated carbocycles. The van der Waals surface area contributed by atoms with Crippen LogP contribution in [-0.4, -0.2) is 21.4 Å². The number of aryl methyl sites for hydroxylation is 1. The SMILES string of the molecule is Cc1ccc(-c2noc(CC(O)C(C)C)n2)cc1F. The second kappa shape index (κ2) is 5.48. The topological polar surface area (TPSA) is 59.2 Å². The molecular formula is C14H17FN2O2. The molecular weight excluding hydrogens is 247 g/mol. The zero-order valence-electron chi connectivity index (χ0n) is 11.2. The molecule has 1 atom stereocenters. The summed E-state index contributed by atoms with van der Waals surface area (Å²) >= 11 is 0. The van der Waals surface area contributed by atoms with Gasteiger partial charge in [-0.25, -0.2) is 4.39 Å². The maximum absolute atomic E-state index is 13.5. The molecule has 0 spiro atoms. The number of halogens is 1. The quantitative estimate of drug-likeness (QED) is 0.922. The van der Waals surface area contributed by atoms with Crippen molar-refractivity contribution in [3.8, 4) is 11.4 Å². The first-order valence-electron chi connectivity index (χ1n) is 6.24. The minimum Gasteiger partial charge on any atom is -0.392 e. The van der Waals surface area contributed by atoms with Crippen LogP contribution >= 0.6 is 0 Å². The average molecular weight is 264 g/mol. The first-order valence-corrected chi connectivity index (χ1v) is 6.24. The normalized spacial score (nSPS) is 12.9. The van der Waals surface area contributed by atoms with Crippen LogP contribution in [0.3, 0.4) is 0 Å². The van der Waals surface area contributed by atoms with E-state index in [0.29, 0.717) is 29.3 Å². The average Bonchev–Trinajstić information content (AvgIpc) is 2.81. The Labute approximate surface area is 111 Å². The lowest BCUT2D eigenvalue weighted by Crippen LogP contribution is -2.17. The molecule has 0 aliphatic heterocycles. The van der Waals surface area contributed by atoms with Crippen LogP contribution < -0.4 is 0 Å². The van der Waals surface area contributed by atoms with E-state index in [-0.39, 0.29) is 11.7 Å². The maximum atomic E-state index is 13.5. The van der Waals surface area contributed by atoms with Crippen molar-refractivity contribution in [1.82, 2.24) is 10.1 Å². The van der Waals surface area contributed by atoms with Crippen molar-refractivity contribution in [2.24, 2.45) is 5.92 Å². The summed E-state index contributed by atoms with van der Waals surface area (Å²) in [6.45, 7) is 5.52. The molecule has 0 saturated heterocycles. The zero-order valence-corrected chi connectivity index (χ0v) is 11.2. The molecule has 1 heterocycles. The fourth-order valence-corrected chi connectivity index (χ4v) is 1.60. The van der Waals surface area contributed by atoms with E-state index in [2.05, 4.69) is 10.1 Å². The van der Waals surface area contributed by atoms with Gasteiger partial charge in [-0.15, -0.1) is 0 Å². The largest absolute Gasteiger partial charge is 0.392 e. The van der Waals surface area contributed by atoms with Crippen LogP contribution in [0.25, 0.3) is 11.4 Å². The summed E-state index contributed by atoms with van der Waals surface area (Å²) < 4.78 is 18.5. The predicted octanol–water partition coefficient (Wildman–Crippen LogP) is 2.74. The van der Waals surface area contributed by atoms with Gasteiger partial charge in [0.2, 0.25) is 11.7 Å². The van der Waals surface area contributed by atoms with Gasteiger partial charge < -0.3 is 9.63 Å². The van der Waals surface area contributed by atoms with Crippen molar-refractivity contribution < 1.29 is 14.0 Å². The Morgan fingerprint density at radius 3 is 2.74 bits per heavy atom. The highest BCUT2D eigenvalue weighted by atomic mass is 19.1. The third kappa shape index (κ3) is 3.17. The molecule has 5 heteroatoms. The molecule has 102 valence electrons. The van der Waals surface area contributed by atoms with Gasteiger partial charge in [0, 0.05) is 5.56 Å². The van der Waals surface area contributed by atoms with E-state index < -0.39 is 6.10 Å². The Morgan fingerprint density at radius 2 is 2.11 bits per heavy atom. The summed E-state index contributed by atoms with van der Waals surface area (Å²) in [6.07, 6.45) is -0.220. The standard InChI is InChI=1S/C14H17FN2O2/c1-8(2)12(18)7-13-16-14(17-19-13)10-5-4-9(3)11(15)6-10/h4-6,8,12,18H,7H2,1-3H3. The van der Waals surface area contributed by atoms with Crippen LogP contribution in [0.5, 0.6) is 0 Å². The molecule has 0 aliphatic rings. The molecule has 0 fully saturated rings. The highest BCUT2D eigenvalue weighted by Gasteiger charge is 2.16. The Morgan fingerprint density at radius 1 is 1.37 bits per heavy atom. The van der Waals surface area contributed by atoms with Gasteiger partial charge in [0.25, 0.3) is 0 Å². The Balaban J connectivity index is 2.18. The van der Waals surface area contributed by atoms with E-state index in [0.717, 1.165) is 0 Å². The van der Waals surface area contributed by atoms with Crippen molar-refractivity contribution in [3.05, 3.63) is 35.5 Å². The lowest BCUT2D eigenvalue weighted by molar-refractivity contribution is 0.116. The first-order chi connectivity index (χ1) is 8.97. The van der Waals surface area contributed by atoms with Crippen LogP contribution in [0.1, 0.15) is 25.3 Å². The summed E-state index contributed by atoms with van der Waals surface area (Å²) in [6, 6.07) is 4.79. The number of aliphatic hydroxyl groups excluding tert-OH is 1. The van der Waals surface area contributed by atoms with Crippen LogP contribution in [-0.2, 0) is 6.42 Å². The van der Waals surface area contributed by atoms with Crippen molar-refractivity contribution in [3.63, 3.8) is 0 Å². The van der Waals surface area contributed by atoms with Gasteiger partial charge >= 0.3 is 0 Å². The minimum absolute atomic E-state index is 0.118. The van der Waals surface area contributed by atoms with Gasteiger partial charge in [-0.1, -0.05) is 31.1 Å². The second-order valence-corrected chi connectivity index (χ2v) is 4.99. The summed E-state index contributed by atoms with van der Waals surface area (Å²) in [7, 11) is 0. The highest BCUT2D eigenvalue weighted by molar-refractivity contribution is 5.54. The second-order valence-electron chi connectivity index (χ2n) is 4.99. The summed E-state index contributed by atoms with van der Waals surface area (Å²) in [4.78, 5) is 4.17. The van der Waals surface area contributed by atoms with E-state index in [1.807, 2.05) is 13.8 Å². The molecule has 4 nitrogen and oxygen atoms in total. The summed E-state index contributed by atoms with van der Waals surface area (Å²) in [5.41, 5.74) is 1.14. The van der Waals surface area contributed by atoms with E-state index in [1.54, 1.807) is 19.1 Å².